The van der Waals surface area contributed by atoms with Gasteiger partial charge in [0.2, 0.25) is 5.91 Å². The van der Waals surface area contributed by atoms with Crippen LogP contribution in [-0.2, 0) is 15.1 Å². The third-order valence-corrected chi connectivity index (χ3v) is 7.00. The molecule has 0 N–H and O–H groups in total. The van der Waals surface area contributed by atoms with Gasteiger partial charge in [0.05, 0.1) is 16.7 Å². The summed E-state index contributed by atoms with van der Waals surface area (Å²) in [5.74, 6) is -0.641. The van der Waals surface area contributed by atoms with Gasteiger partial charge in [-0.25, -0.2) is 4.79 Å². The molecular formula is C26H26N2O5. The van der Waals surface area contributed by atoms with E-state index in [1.54, 1.807) is 30.3 Å². The summed E-state index contributed by atoms with van der Waals surface area (Å²) in [7, 11) is 0. The Morgan fingerprint density at radius 2 is 1.42 bits per heavy atom. The molecule has 1 spiro atoms. The fraction of sp³-hybridized carbons (Fsp3) is 0.385. The molecule has 1 fully saturated rings. The van der Waals surface area contributed by atoms with Crippen molar-refractivity contribution in [3.63, 3.8) is 0 Å². The Morgan fingerprint density at radius 3 is 2.09 bits per heavy atom. The normalized spacial score (nSPS) is 18.5. The monoisotopic (exact) mass is 446 g/mol. The molecule has 0 unspecified atom stereocenters. The highest BCUT2D eigenvalue weighted by Crippen LogP contribution is 2.44. The fourth-order valence-electron chi connectivity index (χ4n) is 5.16. The molecule has 0 bridgehead atoms. The van der Waals surface area contributed by atoms with Crippen molar-refractivity contribution in [1.82, 2.24) is 9.80 Å². The SMILES string of the molecule is O=C1OC2(CCN(C(=O)CCCCCN3C(=O)c4ccccc4C3=O)CC2)c2ccccc21. The molecule has 2 aromatic rings. The summed E-state index contributed by atoms with van der Waals surface area (Å²) in [6.07, 6.45) is 3.81. The van der Waals surface area contributed by atoms with Gasteiger partial charge in [0.1, 0.15) is 5.60 Å². The molecule has 3 heterocycles. The molecular weight excluding hydrogens is 420 g/mol. The topological polar surface area (TPSA) is 84.0 Å². The Balaban J connectivity index is 1.06. The van der Waals surface area contributed by atoms with Gasteiger partial charge < -0.3 is 9.64 Å². The number of hydrogen-bond acceptors (Lipinski definition) is 5. The standard InChI is InChI=1S/C26H26N2O5/c29-22(12-2-1-7-15-28-23(30)18-8-3-4-9-19(18)24(28)31)27-16-13-26(14-17-27)21-11-6-5-10-20(21)25(32)33-26/h3-6,8-11H,1-2,7,12-17H2. The molecule has 3 aliphatic heterocycles. The number of esters is 1. The van der Waals surface area contributed by atoms with Crippen molar-refractivity contribution < 1.29 is 23.9 Å². The minimum absolute atomic E-state index is 0.100. The first-order chi connectivity index (χ1) is 16.0. The Hall–Kier alpha value is -3.48. The minimum Gasteiger partial charge on any atom is -0.450 e. The smallest absolute Gasteiger partial charge is 0.339 e. The van der Waals surface area contributed by atoms with Gasteiger partial charge >= 0.3 is 5.97 Å². The lowest BCUT2D eigenvalue weighted by atomic mass is 9.83. The van der Waals surface area contributed by atoms with Crippen molar-refractivity contribution in [2.75, 3.05) is 19.6 Å². The number of imide groups is 1. The zero-order valence-electron chi connectivity index (χ0n) is 18.4. The molecule has 0 saturated carbocycles. The van der Waals surface area contributed by atoms with Crippen LogP contribution in [0.4, 0.5) is 0 Å². The fourth-order valence-corrected chi connectivity index (χ4v) is 5.16. The van der Waals surface area contributed by atoms with E-state index < -0.39 is 5.60 Å². The third-order valence-electron chi connectivity index (χ3n) is 7.00. The average Bonchev–Trinajstić information content (AvgIpc) is 3.25. The molecule has 33 heavy (non-hydrogen) atoms. The molecule has 0 atom stereocenters. The lowest BCUT2D eigenvalue weighted by Crippen LogP contribution is -2.45. The van der Waals surface area contributed by atoms with Gasteiger partial charge in [-0.05, 0) is 31.0 Å². The Kier molecular flexibility index (Phi) is 5.48. The van der Waals surface area contributed by atoms with Crippen LogP contribution in [0.15, 0.2) is 48.5 Å². The first-order valence-electron chi connectivity index (χ1n) is 11.6. The molecule has 7 heteroatoms. The number of fused-ring (bicyclic) bond motifs is 3. The van der Waals surface area contributed by atoms with Crippen LogP contribution in [0, 0.1) is 0 Å². The van der Waals surface area contributed by atoms with Crippen LogP contribution < -0.4 is 0 Å². The number of amides is 3. The van der Waals surface area contributed by atoms with Gasteiger partial charge in [-0.15, -0.1) is 0 Å². The number of ether oxygens (including phenoxy) is 1. The average molecular weight is 447 g/mol. The predicted octanol–water partition coefficient (Wildman–Crippen LogP) is 3.53. The number of piperidine rings is 1. The van der Waals surface area contributed by atoms with Crippen LogP contribution in [0.5, 0.6) is 0 Å². The van der Waals surface area contributed by atoms with Crippen molar-refractivity contribution in [2.45, 2.75) is 44.1 Å². The molecule has 0 aliphatic carbocycles. The highest BCUT2D eigenvalue weighted by Gasteiger charge is 2.47. The molecule has 170 valence electrons. The van der Waals surface area contributed by atoms with E-state index in [1.165, 1.54) is 4.90 Å². The quantitative estimate of drug-likeness (QED) is 0.385. The predicted molar refractivity (Wildman–Crippen MR) is 120 cm³/mol. The number of hydrogen-bond donors (Lipinski definition) is 0. The lowest BCUT2D eigenvalue weighted by Gasteiger charge is -2.38. The van der Waals surface area contributed by atoms with Crippen LogP contribution in [-0.4, -0.2) is 53.1 Å². The van der Waals surface area contributed by atoms with Gasteiger partial charge in [0.15, 0.2) is 0 Å². The van der Waals surface area contributed by atoms with Crippen LogP contribution >= 0.6 is 0 Å². The van der Waals surface area contributed by atoms with Gasteiger partial charge in [-0.2, -0.15) is 0 Å². The number of carbonyl (C=O) groups excluding carboxylic acids is 4. The number of benzene rings is 2. The molecule has 2 aromatic carbocycles. The van der Waals surface area contributed by atoms with Crippen LogP contribution in [0.2, 0.25) is 0 Å². The summed E-state index contributed by atoms with van der Waals surface area (Å²) in [6, 6.07) is 14.4. The summed E-state index contributed by atoms with van der Waals surface area (Å²) in [4.78, 5) is 52.9. The highest BCUT2D eigenvalue weighted by molar-refractivity contribution is 6.21. The maximum atomic E-state index is 12.7. The Labute approximate surface area is 192 Å². The van der Waals surface area contributed by atoms with Crippen molar-refractivity contribution in [3.8, 4) is 0 Å². The van der Waals surface area contributed by atoms with E-state index in [9.17, 15) is 19.2 Å². The molecule has 0 aromatic heterocycles. The summed E-state index contributed by atoms with van der Waals surface area (Å²) in [6.45, 7) is 1.50. The summed E-state index contributed by atoms with van der Waals surface area (Å²) >= 11 is 0. The number of rotatable bonds is 6. The first-order valence-corrected chi connectivity index (χ1v) is 11.6. The van der Waals surface area contributed by atoms with E-state index in [1.807, 2.05) is 23.1 Å². The van der Waals surface area contributed by atoms with Gasteiger partial charge in [-0.3, -0.25) is 19.3 Å². The molecule has 3 amide bonds. The van der Waals surface area contributed by atoms with Crippen LogP contribution in [0.3, 0.4) is 0 Å². The van der Waals surface area contributed by atoms with Crippen molar-refractivity contribution in [2.24, 2.45) is 0 Å². The second kappa shape index (κ2) is 8.46. The number of nitrogens with zero attached hydrogens (tertiary/aromatic N) is 2. The first kappa shape index (κ1) is 21.4. The van der Waals surface area contributed by atoms with E-state index in [-0.39, 0.29) is 23.7 Å². The van der Waals surface area contributed by atoms with E-state index >= 15 is 0 Å². The van der Waals surface area contributed by atoms with Crippen molar-refractivity contribution >= 4 is 23.7 Å². The molecule has 3 aliphatic rings. The largest absolute Gasteiger partial charge is 0.450 e. The van der Waals surface area contributed by atoms with Crippen LogP contribution in [0.25, 0.3) is 0 Å². The summed E-state index contributed by atoms with van der Waals surface area (Å²) in [5, 5.41) is 0. The maximum absolute atomic E-state index is 12.7. The van der Waals surface area contributed by atoms with Crippen molar-refractivity contribution in [1.29, 1.82) is 0 Å². The zero-order valence-corrected chi connectivity index (χ0v) is 18.4. The Morgan fingerprint density at radius 1 is 0.818 bits per heavy atom. The molecule has 1 saturated heterocycles. The number of unbranched alkanes of at least 4 members (excludes halogenated alkanes) is 2. The zero-order chi connectivity index (χ0) is 23.0. The van der Waals surface area contributed by atoms with E-state index in [2.05, 4.69) is 0 Å². The number of carbonyl (C=O) groups is 4. The maximum Gasteiger partial charge on any atom is 0.339 e. The molecule has 7 nitrogen and oxygen atoms in total. The second-order valence-corrected chi connectivity index (χ2v) is 8.93. The van der Waals surface area contributed by atoms with E-state index in [0.717, 1.165) is 12.0 Å². The summed E-state index contributed by atoms with van der Waals surface area (Å²) in [5.41, 5.74) is 1.91. The van der Waals surface area contributed by atoms with Crippen molar-refractivity contribution in [3.05, 3.63) is 70.8 Å². The van der Waals surface area contributed by atoms with E-state index in [4.69, 9.17) is 4.74 Å². The number of likely N-dealkylation sites (tertiary alicyclic amines) is 1. The van der Waals surface area contributed by atoms with Gasteiger partial charge in [-0.1, -0.05) is 36.8 Å². The van der Waals surface area contributed by atoms with Crippen LogP contribution in [0.1, 0.15) is 75.2 Å². The lowest BCUT2D eigenvalue weighted by molar-refractivity contribution is -0.135. The Bertz CT molecular complexity index is 1100. The van der Waals surface area contributed by atoms with Gasteiger partial charge in [0.25, 0.3) is 11.8 Å². The second-order valence-electron chi connectivity index (χ2n) is 8.93. The highest BCUT2D eigenvalue weighted by atomic mass is 16.6. The van der Waals surface area contributed by atoms with E-state index in [0.29, 0.717) is 68.4 Å². The van der Waals surface area contributed by atoms with Gasteiger partial charge in [0, 0.05) is 44.5 Å². The molecule has 0 radical (unpaired) electrons. The third kappa shape index (κ3) is 3.71. The summed E-state index contributed by atoms with van der Waals surface area (Å²) < 4.78 is 5.75. The molecule has 5 rings (SSSR count). The minimum atomic E-state index is -0.600.